The molecule has 102 valence electrons. The third-order valence-electron chi connectivity index (χ3n) is 3.11. The molecule has 0 N–H and O–H groups in total. The average Bonchev–Trinajstić information content (AvgIpc) is 2.84. The molecular formula is C14H14N4OS. The van der Waals surface area contributed by atoms with Gasteiger partial charge in [-0.15, -0.1) is 21.5 Å². The Labute approximate surface area is 119 Å². The van der Waals surface area contributed by atoms with E-state index in [1.807, 2.05) is 32.0 Å². The lowest BCUT2D eigenvalue weighted by molar-refractivity contribution is 0.657. The van der Waals surface area contributed by atoms with Gasteiger partial charge < -0.3 is 0 Å². The maximum atomic E-state index is 12.4. The van der Waals surface area contributed by atoms with Gasteiger partial charge in [-0.05, 0) is 26.0 Å². The molecule has 1 aromatic carbocycles. The molecule has 6 heteroatoms. The zero-order valence-corrected chi connectivity index (χ0v) is 12.1. The molecule has 3 rings (SSSR count). The summed E-state index contributed by atoms with van der Waals surface area (Å²) in [5.74, 6) is 0. The molecule has 3 aromatic rings. The van der Waals surface area contributed by atoms with Gasteiger partial charge in [0.25, 0.3) is 5.56 Å². The Kier molecular flexibility index (Phi) is 3.31. The second-order valence-corrected chi connectivity index (χ2v) is 5.99. The highest BCUT2D eigenvalue weighted by Gasteiger charge is 2.06. The summed E-state index contributed by atoms with van der Waals surface area (Å²) in [5, 5.41) is 10.6. The monoisotopic (exact) mass is 286 g/mol. The van der Waals surface area contributed by atoms with Crippen molar-refractivity contribution < 1.29 is 0 Å². The van der Waals surface area contributed by atoms with E-state index in [9.17, 15) is 4.79 Å². The minimum Gasteiger partial charge on any atom is -0.298 e. The summed E-state index contributed by atoms with van der Waals surface area (Å²) in [7, 11) is 0. The second kappa shape index (κ2) is 5.13. The van der Waals surface area contributed by atoms with Crippen LogP contribution >= 0.6 is 11.3 Å². The van der Waals surface area contributed by atoms with Crippen molar-refractivity contribution in [3.63, 3.8) is 0 Å². The van der Waals surface area contributed by atoms with E-state index in [1.165, 1.54) is 0 Å². The Morgan fingerprint density at radius 3 is 2.85 bits per heavy atom. The quantitative estimate of drug-likeness (QED) is 0.740. The van der Waals surface area contributed by atoms with E-state index in [-0.39, 0.29) is 5.56 Å². The molecule has 20 heavy (non-hydrogen) atoms. The van der Waals surface area contributed by atoms with Crippen LogP contribution in [0, 0.1) is 13.8 Å². The molecule has 0 radical (unpaired) electrons. The molecule has 2 aromatic heterocycles. The van der Waals surface area contributed by atoms with Gasteiger partial charge in [-0.25, -0.2) is 4.98 Å². The van der Waals surface area contributed by atoms with Gasteiger partial charge in [0.15, 0.2) is 0 Å². The fourth-order valence-electron chi connectivity index (χ4n) is 2.09. The van der Waals surface area contributed by atoms with Gasteiger partial charge in [-0.2, -0.15) is 0 Å². The van der Waals surface area contributed by atoms with Crippen molar-refractivity contribution in [2.24, 2.45) is 0 Å². The van der Waals surface area contributed by atoms with Gasteiger partial charge in [-0.3, -0.25) is 9.36 Å². The predicted molar refractivity (Wildman–Crippen MR) is 79.1 cm³/mol. The SMILES string of the molecule is Cc1ccc2ncn(CCc3nnc(C)s3)c(=O)c2c1. The summed E-state index contributed by atoms with van der Waals surface area (Å²) < 4.78 is 1.64. The second-order valence-electron chi connectivity index (χ2n) is 4.73. The lowest BCUT2D eigenvalue weighted by Gasteiger charge is -2.05. The standard InChI is InChI=1S/C14H14N4OS/c1-9-3-4-12-11(7-9)14(19)18(8-15-12)6-5-13-17-16-10(2)20-13/h3-4,7-8H,5-6H2,1-2H3. The maximum absolute atomic E-state index is 12.4. The highest BCUT2D eigenvalue weighted by molar-refractivity contribution is 7.11. The zero-order chi connectivity index (χ0) is 14.1. The normalized spacial score (nSPS) is 11.1. The van der Waals surface area contributed by atoms with Crippen LogP contribution in [0.3, 0.4) is 0 Å². The summed E-state index contributed by atoms with van der Waals surface area (Å²) in [6.45, 7) is 4.47. The van der Waals surface area contributed by atoms with Crippen LogP contribution in [0.2, 0.25) is 0 Å². The summed E-state index contributed by atoms with van der Waals surface area (Å²) in [5.41, 5.74) is 1.80. The molecular weight excluding hydrogens is 272 g/mol. The van der Waals surface area contributed by atoms with Gasteiger partial charge in [0.1, 0.15) is 10.0 Å². The molecule has 0 aliphatic heterocycles. The van der Waals surface area contributed by atoms with Crippen LogP contribution in [0.1, 0.15) is 15.6 Å². The third-order valence-corrected chi connectivity index (χ3v) is 4.01. The number of fused-ring (bicyclic) bond motifs is 1. The minimum absolute atomic E-state index is 0.0000581. The van der Waals surface area contributed by atoms with Crippen molar-refractivity contribution in [3.05, 3.63) is 50.5 Å². The van der Waals surface area contributed by atoms with Crippen LogP contribution in [-0.2, 0) is 13.0 Å². The first-order chi connectivity index (χ1) is 9.63. The van der Waals surface area contributed by atoms with Gasteiger partial charge in [0.2, 0.25) is 0 Å². The first kappa shape index (κ1) is 12.9. The molecule has 0 spiro atoms. The van der Waals surface area contributed by atoms with Gasteiger partial charge in [-0.1, -0.05) is 11.6 Å². The van der Waals surface area contributed by atoms with Crippen molar-refractivity contribution in [1.29, 1.82) is 0 Å². The number of rotatable bonds is 3. The zero-order valence-electron chi connectivity index (χ0n) is 11.3. The first-order valence-corrected chi connectivity index (χ1v) is 7.20. The molecule has 0 saturated carbocycles. The Bertz CT molecular complexity index is 821. The average molecular weight is 286 g/mol. The minimum atomic E-state index is -0.0000581. The predicted octanol–water partition coefficient (Wildman–Crippen LogP) is 2.11. The largest absolute Gasteiger partial charge is 0.298 e. The number of hydrogen-bond donors (Lipinski definition) is 0. The van der Waals surface area contributed by atoms with E-state index in [2.05, 4.69) is 15.2 Å². The highest BCUT2D eigenvalue weighted by atomic mass is 32.1. The van der Waals surface area contributed by atoms with E-state index in [4.69, 9.17) is 0 Å². The molecule has 0 saturated heterocycles. The lowest BCUT2D eigenvalue weighted by Crippen LogP contribution is -2.21. The van der Waals surface area contributed by atoms with E-state index in [0.29, 0.717) is 18.4 Å². The summed E-state index contributed by atoms with van der Waals surface area (Å²) in [6.07, 6.45) is 2.30. The molecule has 0 unspecified atom stereocenters. The summed E-state index contributed by atoms with van der Waals surface area (Å²) in [4.78, 5) is 16.7. The summed E-state index contributed by atoms with van der Waals surface area (Å²) in [6, 6.07) is 5.73. The molecule has 0 aliphatic rings. The lowest BCUT2D eigenvalue weighted by atomic mass is 10.2. The molecule has 0 bridgehead atoms. The first-order valence-electron chi connectivity index (χ1n) is 6.38. The van der Waals surface area contributed by atoms with Gasteiger partial charge >= 0.3 is 0 Å². The van der Waals surface area contributed by atoms with E-state index in [0.717, 1.165) is 21.1 Å². The topological polar surface area (TPSA) is 60.7 Å². The van der Waals surface area contributed by atoms with E-state index >= 15 is 0 Å². The Hall–Kier alpha value is -2.08. The van der Waals surface area contributed by atoms with Crippen LogP contribution < -0.4 is 5.56 Å². The Balaban J connectivity index is 1.92. The van der Waals surface area contributed by atoms with Crippen molar-refractivity contribution in [2.45, 2.75) is 26.8 Å². The van der Waals surface area contributed by atoms with Gasteiger partial charge in [0, 0.05) is 13.0 Å². The Morgan fingerprint density at radius 2 is 2.10 bits per heavy atom. The van der Waals surface area contributed by atoms with Crippen molar-refractivity contribution in [1.82, 2.24) is 19.7 Å². The van der Waals surface area contributed by atoms with E-state index in [1.54, 1.807) is 22.2 Å². The molecule has 2 heterocycles. The fourth-order valence-corrected chi connectivity index (χ4v) is 2.78. The van der Waals surface area contributed by atoms with Crippen LogP contribution in [0.15, 0.2) is 29.3 Å². The number of hydrogen-bond acceptors (Lipinski definition) is 5. The molecule has 0 atom stereocenters. The molecule has 0 fully saturated rings. The number of aromatic nitrogens is 4. The fraction of sp³-hybridized carbons (Fsp3) is 0.286. The van der Waals surface area contributed by atoms with Crippen LogP contribution in [0.5, 0.6) is 0 Å². The van der Waals surface area contributed by atoms with Crippen LogP contribution in [0.4, 0.5) is 0 Å². The molecule has 0 aliphatic carbocycles. The molecule has 0 amide bonds. The molecule has 5 nitrogen and oxygen atoms in total. The maximum Gasteiger partial charge on any atom is 0.261 e. The van der Waals surface area contributed by atoms with Crippen molar-refractivity contribution in [2.75, 3.05) is 0 Å². The number of aryl methyl sites for hydroxylation is 4. The Morgan fingerprint density at radius 1 is 1.25 bits per heavy atom. The van der Waals surface area contributed by atoms with Crippen LogP contribution in [-0.4, -0.2) is 19.7 Å². The smallest absolute Gasteiger partial charge is 0.261 e. The van der Waals surface area contributed by atoms with E-state index < -0.39 is 0 Å². The number of benzene rings is 1. The third kappa shape index (κ3) is 2.46. The highest BCUT2D eigenvalue weighted by Crippen LogP contribution is 2.11. The van der Waals surface area contributed by atoms with Crippen molar-refractivity contribution in [3.8, 4) is 0 Å². The van der Waals surface area contributed by atoms with Crippen molar-refractivity contribution >= 4 is 22.2 Å². The number of nitrogens with zero attached hydrogens (tertiary/aromatic N) is 4. The van der Waals surface area contributed by atoms with Crippen LogP contribution in [0.25, 0.3) is 10.9 Å². The van der Waals surface area contributed by atoms with Gasteiger partial charge in [0.05, 0.1) is 17.2 Å². The summed E-state index contributed by atoms with van der Waals surface area (Å²) >= 11 is 1.56.